The Morgan fingerprint density at radius 3 is 2.44 bits per heavy atom. The zero-order valence-electron chi connectivity index (χ0n) is 10.2. The van der Waals surface area contributed by atoms with Gasteiger partial charge in [-0.15, -0.1) is 0 Å². The lowest BCUT2D eigenvalue weighted by Gasteiger charge is -2.24. The van der Waals surface area contributed by atoms with E-state index < -0.39 is 11.7 Å². The number of benzene rings is 1. The smallest absolute Gasteiger partial charge is 0.420 e. The first kappa shape index (κ1) is 12.8. The van der Waals surface area contributed by atoms with Crippen molar-refractivity contribution in [2.45, 2.75) is 25.9 Å². The fourth-order valence-electron chi connectivity index (χ4n) is 2.34. The Bertz CT molecular complexity index is 518. The molecule has 2 rings (SSSR count). The maximum absolute atomic E-state index is 13.1. The lowest BCUT2D eigenvalue weighted by Crippen LogP contribution is -2.17. The molecular formula is C13H14F3NO. The lowest BCUT2D eigenvalue weighted by molar-refractivity contribution is -0.139. The van der Waals surface area contributed by atoms with Crippen LogP contribution in [0.5, 0.6) is 5.75 Å². The van der Waals surface area contributed by atoms with Crippen LogP contribution in [0.3, 0.4) is 0 Å². The van der Waals surface area contributed by atoms with Gasteiger partial charge >= 0.3 is 6.18 Å². The molecule has 98 valence electrons. The van der Waals surface area contributed by atoms with Crippen molar-refractivity contribution < 1.29 is 17.9 Å². The first-order chi connectivity index (χ1) is 8.36. The molecule has 0 saturated carbocycles. The number of ether oxygens (including phenoxy) is 1. The summed E-state index contributed by atoms with van der Waals surface area (Å²) in [6.07, 6.45) is -3.66. The number of methoxy groups -OCH3 is 1. The zero-order valence-corrected chi connectivity index (χ0v) is 10.2. The molecule has 0 aromatic heterocycles. The highest BCUT2D eigenvalue weighted by Gasteiger charge is 2.38. The van der Waals surface area contributed by atoms with E-state index in [1.807, 2.05) is 0 Å². The Balaban J connectivity index is 2.73. The van der Waals surface area contributed by atoms with Crippen LogP contribution in [0.25, 0.3) is 5.57 Å². The molecule has 1 aromatic carbocycles. The van der Waals surface area contributed by atoms with E-state index in [0.29, 0.717) is 24.1 Å². The molecule has 0 aliphatic heterocycles. The van der Waals surface area contributed by atoms with Crippen LogP contribution in [0.15, 0.2) is 17.8 Å². The summed E-state index contributed by atoms with van der Waals surface area (Å²) in [6, 6.07) is 2.99. The van der Waals surface area contributed by atoms with E-state index in [2.05, 4.69) is 0 Å². The second-order valence-corrected chi connectivity index (χ2v) is 4.32. The van der Waals surface area contributed by atoms with E-state index >= 15 is 0 Å². The van der Waals surface area contributed by atoms with Crippen LogP contribution in [0.4, 0.5) is 13.2 Å². The molecule has 0 spiro atoms. The summed E-state index contributed by atoms with van der Waals surface area (Å²) in [5, 5.41) is 0. The van der Waals surface area contributed by atoms with Gasteiger partial charge in [-0.3, -0.25) is 0 Å². The molecule has 0 amide bonds. The molecule has 0 fully saturated rings. The Morgan fingerprint density at radius 1 is 1.22 bits per heavy atom. The van der Waals surface area contributed by atoms with Gasteiger partial charge in [-0.2, -0.15) is 13.2 Å². The predicted octanol–water partition coefficient (Wildman–Crippen LogP) is 3.35. The highest BCUT2D eigenvalue weighted by atomic mass is 19.4. The van der Waals surface area contributed by atoms with Gasteiger partial charge < -0.3 is 10.5 Å². The Labute approximate surface area is 103 Å². The third kappa shape index (κ3) is 1.94. The van der Waals surface area contributed by atoms with Crippen molar-refractivity contribution in [3.63, 3.8) is 0 Å². The van der Waals surface area contributed by atoms with Crippen molar-refractivity contribution >= 4 is 5.57 Å². The van der Waals surface area contributed by atoms with Crippen LogP contribution in [-0.2, 0) is 12.6 Å². The molecule has 1 aliphatic rings. The maximum atomic E-state index is 13.1. The molecule has 0 bridgehead atoms. The summed E-state index contributed by atoms with van der Waals surface area (Å²) < 4.78 is 44.2. The lowest BCUT2D eigenvalue weighted by atomic mass is 9.86. The number of halogens is 3. The maximum Gasteiger partial charge on any atom is 0.420 e. The molecule has 18 heavy (non-hydrogen) atoms. The van der Waals surface area contributed by atoms with Crippen molar-refractivity contribution in [2.75, 3.05) is 7.11 Å². The fraction of sp³-hybridized carbons (Fsp3) is 0.385. The van der Waals surface area contributed by atoms with Gasteiger partial charge in [-0.1, -0.05) is 6.07 Å². The monoisotopic (exact) mass is 257 g/mol. The first-order valence-corrected chi connectivity index (χ1v) is 5.59. The number of rotatable bonds is 1. The molecule has 0 saturated heterocycles. The predicted molar refractivity (Wildman–Crippen MR) is 63.1 cm³/mol. The van der Waals surface area contributed by atoms with Gasteiger partial charge in [0.15, 0.2) is 0 Å². The van der Waals surface area contributed by atoms with E-state index in [9.17, 15) is 13.2 Å². The average Bonchev–Trinajstić information content (AvgIpc) is 2.31. The van der Waals surface area contributed by atoms with Crippen molar-refractivity contribution in [2.24, 2.45) is 5.73 Å². The Hall–Kier alpha value is -1.65. The van der Waals surface area contributed by atoms with Crippen LogP contribution in [-0.4, -0.2) is 7.11 Å². The van der Waals surface area contributed by atoms with Crippen molar-refractivity contribution in [3.05, 3.63) is 34.5 Å². The van der Waals surface area contributed by atoms with Crippen LogP contribution >= 0.6 is 0 Å². The van der Waals surface area contributed by atoms with E-state index in [4.69, 9.17) is 10.5 Å². The number of fused-ring (bicyclic) bond motifs is 1. The molecular weight excluding hydrogens is 243 g/mol. The van der Waals surface area contributed by atoms with Gasteiger partial charge in [0.1, 0.15) is 11.3 Å². The molecule has 0 radical (unpaired) electrons. The highest BCUT2D eigenvalue weighted by Crippen LogP contribution is 2.43. The topological polar surface area (TPSA) is 35.2 Å². The van der Waals surface area contributed by atoms with Gasteiger partial charge in [0.2, 0.25) is 0 Å². The van der Waals surface area contributed by atoms with Crippen LogP contribution < -0.4 is 10.5 Å². The van der Waals surface area contributed by atoms with Gasteiger partial charge in [0.05, 0.1) is 7.11 Å². The van der Waals surface area contributed by atoms with E-state index in [-0.39, 0.29) is 11.3 Å². The minimum absolute atomic E-state index is 0.130. The Kier molecular flexibility index (Phi) is 3.00. The molecule has 0 atom stereocenters. The summed E-state index contributed by atoms with van der Waals surface area (Å²) in [5.41, 5.74) is 7.36. The Morgan fingerprint density at radius 2 is 1.89 bits per heavy atom. The molecule has 2 nitrogen and oxygen atoms in total. The van der Waals surface area contributed by atoms with Crippen LogP contribution in [0, 0.1) is 0 Å². The van der Waals surface area contributed by atoms with Gasteiger partial charge in [-0.25, -0.2) is 0 Å². The second kappa shape index (κ2) is 4.23. The normalized spacial score (nSPS) is 15.6. The largest absolute Gasteiger partial charge is 0.496 e. The van der Waals surface area contributed by atoms with Crippen LogP contribution in [0.1, 0.15) is 30.0 Å². The molecule has 0 heterocycles. The minimum Gasteiger partial charge on any atom is -0.496 e. The summed E-state index contributed by atoms with van der Waals surface area (Å²) in [7, 11) is 1.25. The van der Waals surface area contributed by atoms with Crippen molar-refractivity contribution in [1.29, 1.82) is 0 Å². The fourth-order valence-corrected chi connectivity index (χ4v) is 2.34. The zero-order chi connectivity index (χ0) is 13.5. The summed E-state index contributed by atoms with van der Waals surface area (Å²) >= 11 is 0. The quantitative estimate of drug-likeness (QED) is 0.837. The average molecular weight is 257 g/mol. The molecule has 1 aromatic rings. The highest BCUT2D eigenvalue weighted by molar-refractivity contribution is 5.73. The number of hydrogen-bond acceptors (Lipinski definition) is 2. The van der Waals surface area contributed by atoms with Crippen molar-refractivity contribution in [3.8, 4) is 5.75 Å². The third-order valence-corrected chi connectivity index (χ3v) is 3.31. The standard InChI is InChI=1S/C13H14F3NO/c1-7-8-4-6-11(18-2)12(13(14,15)16)9(8)3-5-10(7)17/h4,6H,3,5,17H2,1-2H3. The minimum atomic E-state index is -4.41. The molecule has 5 heteroatoms. The van der Waals surface area contributed by atoms with Gasteiger partial charge in [0.25, 0.3) is 0 Å². The van der Waals surface area contributed by atoms with Crippen molar-refractivity contribution in [1.82, 2.24) is 0 Å². The van der Waals surface area contributed by atoms with E-state index in [1.165, 1.54) is 13.2 Å². The van der Waals surface area contributed by atoms with Gasteiger partial charge in [0, 0.05) is 5.70 Å². The second-order valence-electron chi connectivity index (χ2n) is 4.32. The number of allylic oxidation sites excluding steroid dienone is 2. The summed E-state index contributed by atoms with van der Waals surface area (Å²) in [6.45, 7) is 1.75. The molecule has 0 unspecified atom stereocenters. The van der Waals surface area contributed by atoms with E-state index in [0.717, 1.165) is 5.57 Å². The van der Waals surface area contributed by atoms with Gasteiger partial charge in [-0.05, 0) is 42.5 Å². The molecule has 1 aliphatic carbocycles. The third-order valence-electron chi connectivity index (χ3n) is 3.31. The number of nitrogens with two attached hydrogens (primary N) is 1. The SMILES string of the molecule is COc1ccc2c(c1C(F)(F)F)CCC(N)=C2C. The first-order valence-electron chi connectivity index (χ1n) is 5.59. The van der Waals surface area contributed by atoms with E-state index in [1.54, 1.807) is 13.0 Å². The summed E-state index contributed by atoms with van der Waals surface area (Å²) in [4.78, 5) is 0. The summed E-state index contributed by atoms with van der Waals surface area (Å²) in [5.74, 6) is -0.130. The number of hydrogen-bond donors (Lipinski definition) is 1. The number of alkyl halides is 3. The van der Waals surface area contributed by atoms with Crippen LogP contribution in [0.2, 0.25) is 0 Å². The molecule has 2 N–H and O–H groups in total.